The molecule has 2 atom stereocenters. The summed E-state index contributed by atoms with van der Waals surface area (Å²) in [6.07, 6.45) is 4.15. The lowest BCUT2D eigenvalue weighted by molar-refractivity contribution is -0.154. The second kappa shape index (κ2) is 6.68. The SMILES string of the molecule is CCCNC(COC1CCOC1)(C(=O)OC)C1CC1. The Morgan fingerprint density at radius 3 is 2.74 bits per heavy atom. The Hall–Kier alpha value is -0.650. The van der Waals surface area contributed by atoms with Crippen molar-refractivity contribution in [3.8, 4) is 0 Å². The van der Waals surface area contributed by atoms with E-state index in [2.05, 4.69) is 12.2 Å². The van der Waals surface area contributed by atoms with Gasteiger partial charge in [0.05, 0.1) is 26.4 Å². The lowest BCUT2D eigenvalue weighted by atomic mass is 9.93. The molecule has 0 aromatic heterocycles. The van der Waals surface area contributed by atoms with Crippen molar-refractivity contribution in [3.05, 3.63) is 0 Å². The molecule has 0 bridgehead atoms. The fourth-order valence-electron chi connectivity index (χ4n) is 2.61. The third-order valence-corrected chi connectivity index (χ3v) is 3.95. The lowest BCUT2D eigenvalue weighted by Gasteiger charge is -2.33. The van der Waals surface area contributed by atoms with E-state index in [-0.39, 0.29) is 12.1 Å². The van der Waals surface area contributed by atoms with Gasteiger partial charge in [0.25, 0.3) is 0 Å². The summed E-state index contributed by atoms with van der Waals surface area (Å²) < 4.78 is 16.2. The second-order valence-corrected chi connectivity index (χ2v) is 5.46. The van der Waals surface area contributed by atoms with E-state index >= 15 is 0 Å². The predicted octanol–water partition coefficient (Wildman–Crippen LogP) is 1.11. The van der Waals surface area contributed by atoms with E-state index in [1.165, 1.54) is 7.11 Å². The molecule has 1 saturated heterocycles. The molecule has 1 aliphatic carbocycles. The first-order valence-corrected chi connectivity index (χ1v) is 7.25. The van der Waals surface area contributed by atoms with Crippen molar-refractivity contribution in [1.29, 1.82) is 0 Å². The van der Waals surface area contributed by atoms with Crippen molar-refractivity contribution >= 4 is 5.97 Å². The molecule has 19 heavy (non-hydrogen) atoms. The number of carbonyl (C=O) groups excluding carboxylic acids is 1. The Morgan fingerprint density at radius 2 is 2.21 bits per heavy atom. The predicted molar refractivity (Wildman–Crippen MR) is 70.9 cm³/mol. The van der Waals surface area contributed by atoms with Crippen LogP contribution in [-0.2, 0) is 19.0 Å². The zero-order chi connectivity index (χ0) is 13.7. The average molecular weight is 271 g/mol. The van der Waals surface area contributed by atoms with E-state index in [4.69, 9.17) is 14.2 Å². The fraction of sp³-hybridized carbons (Fsp3) is 0.929. The number of esters is 1. The van der Waals surface area contributed by atoms with Gasteiger partial charge in [0, 0.05) is 6.61 Å². The van der Waals surface area contributed by atoms with E-state index in [1.54, 1.807) is 0 Å². The van der Waals surface area contributed by atoms with Crippen LogP contribution in [-0.4, -0.2) is 51.1 Å². The summed E-state index contributed by atoms with van der Waals surface area (Å²) in [7, 11) is 1.45. The van der Waals surface area contributed by atoms with Gasteiger partial charge in [0.1, 0.15) is 5.54 Å². The van der Waals surface area contributed by atoms with Crippen LogP contribution in [0.2, 0.25) is 0 Å². The molecule has 1 aliphatic heterocycles. The molecule has 0 aromatic carbocycles. The topological polar surface area (TPSA) is 56.8 Å². The van der Waals surface area contributed by atoms with E-state index in [0.29, 0.717) is 19.1 Å². The molecule has 1 saturated carbocycles. The number of nitrogens with one attached hydrogen (secondary N) is 1. The second-order valence-electron chi connectivity index (χ2n) is 5.46. The molecule has 5 nitrogen and oxygen atoms in total. The van der Waals surface area contributed by atoms with Crippen LogP contribution in [0.15, 0.2) is 0 Å². The first-order valence-electron chi connectivity index (χ1n) is 7.25. The molecule has 2 fully saturated rings. The molecular formula is C14H25NO4. The minimum absolute atomic E-state index is 0.117. The summed E-state index contributed by atoms with van der Waals surface area (Å²) in [4.78, 5) is 12.2. The molecular weight excluding hydrogens is 246 g/mol. The first kappa shape index (κ1) is 14.8. The van der Waals surface area contributed by atoms with Crippen molar-refractivity contribution in [2.24, 2.45) is 5.92 Å². The molecule has 110 valence electrons. The van der Waals surface area contributed by atoms with Gasteiger partial charge in [-0.05, 0) is 38.1 Å². The van der Waals surface area contributed by atoms with Gasteiger partial charge in [0.2, 0.25) is 0 Å². The van der Waals surface area contributed by atoms with Crippen LogP contribution >= 0.6 is 0 Å². The summed E-state index contributed by atoms with van der Waals surface area (Å²) in [5, 5.41) is 3.38. The van der Waals surface area contributed by atoms with E-state index in [9.17, 15) is 4.79 Å². The molecule has 5 heteroatoms. The highest BCUT2D eigenvalue weighted by Crippen LogP contribution is 2.41. The van der Waals surface area contributed by atoms with Gasteiger partial charge in [-0.2, -0.15) is 0 Å². The van der Waals surface area contributed by atoms with E-state index in [1.807, 2.05) is 0 Å². The summed E-state index contributed by atoms with van der Waals surface area (Å²) in [5.74, 6) is 0.149. The van der Waals surface area contributed by atoms with Gasteiger partial charge >= 0.3 is 5.97 Å². The third kappa shape index (κ3) is 3.46. The van der Waals surface area contributed by atoms with Crippen LogP contribution in [0.5, 0.6) is 0 Å². The summed E-state index contributed by atoms with van der Waals surface area (Å²) in [5.41, 5.74) is -0.659. The quantitative estimate of drug-likeness (QED) is 0.670. The number of hydrogen-bond acceptors (Lipinski definition) is 5. The van der Waals surface area contributed by atoms with E-state index < -0.39 is 5.54 Å². The highest BCUT2D eigenvalue weighted by Gasteiger charge is 2.52. The average Bonchev–Trinajstić information content (AvgIpc) is 3.16. The minimum atomic E-state index is -0.659. The molecule has 1 N–H and O–H groups in total. The molecule has 0 amide bonds. The normalized spacial score (nSPS) is 26.1. The highest BCUT2D eigenvalue weighted by atomic mass is 16.6. The largest absolute Gasteiger partial charge is 0.468 e. The van der Waals surface area contributed by atoms with Crippen molar-refractivity contribution < 1.29 is 19.0 Å². The number of methoxy groups -OCH3 is 1. The standard InChI is InChI=1S/C14H25NO4/c1-3-7-15-14(11-4-5-11,13(16)17-2)10-19-12-6-8-18-9-12/h11-12,15H,3-10H2,1-2H3. The molecule has 2 rings (SSSR count). The molecule has 2 unspecified atom stereocenters. The number of rotatable bonds is 8. The van der Waals surface area contributed by atoms with Gasteiger partial charge in [-0.3, -0.25) is 5.32 Å². The zero-order valence-electron chi connectivity index (χ0n) is 11.9. The van der Waals surface area contributed by atoms with Crippen molar-refractivity contribution in [1.82, 2.24) is 5.32 Å². The lowest BCUT2D eigenvalue weighted by Crippen LogP contribution is -2.58. The van der Waals surface area contributed by atoms with Crippen LogP contribution in [0, 0.1) is 5.92 Å². The number of hydrogen-bond donors (Lipinski definition) is 1. The molecule has 1 heterocycles. The Kier molecular flexibility index (Phi) is 5.19. The van der Waals surface area contributed by atoms with Crippen molar-refractivity contribution in [2.45, 2.75) is 44.2 Å². The Morgan fingerprint density at radius 1 is 1.42 bits per heavy atom. The third-order valence-electron chi connectivity index (χ3n) is 3.95. The van der Waals surface area contributed by atoms with Crippen LogP contribution in [0.1, 0.15) is 32.6 Å². The summed E-state index contributed by atoms with van der Waals surface area (Å²) in [6, 6.07) is 0. The maximum atomic E-state index is 12.2. The Balaban J connectivity index is 1.99. The van der Waals surface area contributed by atoms with Gasteiger partial charge in [-0.25, -0.2) is 4.79 Å². The van der Waals surface area contributed by atoms with Gasteiger partial charge in [-0.1, -0.05) is 6.92 Å². The van der Waals surface area contributed by atoms with Crippen LogP contribution in [0.3, 0.4) is 0 Å². The van der Waals surface area contributed by atoms with Crippen LogP contribution < -0.4 is 5.32 Å². The smallest absolute Gasteiger partial charge is 0.328 e. The summed E-state index contributed by atoms with van der Waals surface area (Å²) >= 11 is 0. The minimum Gasteiger partial charge on any atom is -0.468 e. The zero-order valence-corrected chi connectivity index (χ0v) is 11.9. The molecule has 0 spiro atoms. The number of ether oxygens (including phenoxy) is 3. The molecule has 2 aliphatic rings. The maximum absolute atomic E-state index is 12.2. The highest BCUT2D eigenvalue weighted by molar-refractivity contribution is 5.82. The van der Waals surface area contributed by atoms with Crippen molar-refractivity contribution in [3.63, 3.8) is 0 Å². The maximum Gasteiger partial charge on any atom is 0.328 e. The Labute approximate surface area is 115 Å². The number of carbonyl (C=O) groups is 1. The van der Waals surface area contributed by atoms with Crippen LogP contribution in [0.4, 0.5) is 0 Å². The molecule has 0 radical (unpaired) electrons. The Bertz CT molecular complexity index is 300. The fourth-order valence-corrected chi connectivity index (χ4v) is 2.61. The van der Waals surface area contributed by atoms with Gasteiger partial charge < -0.3 is 14.2 Å². The van der Waals surface area contributed by atoms with Gasteiger partial charge in [-0.15, -0.1) is 0 Å². The first-order chi connectivity index (χ1) is 9.23. The van der Waals surface area contributed by atoms with Crippen molar-refractivity contribution in [2.75, 3.05) is 33.5 Å². The van der Waals surface area contributed by atoms with Crippen LogP contribution in [0.25, 0.3) is 0 Å². The van der Waals surface area contributed by atoms with E-state index in [0.717, 1.165) is 38.8 Å². The molecule has 0 aromatic rings. The summed E-state index contributed by atoms with van der Waals surface area (Å²) in [6.45, 7) is 4.67. The monoisotopic (exact) mass is 271 g/mol. The van der Waals surface area contributed by atoms with Gasteiger partial charge in [0.15, 0.2) is 0 Å².